The van der Waals surface area contributed by atoms with Gasteiger partial charge >= 0.3 is 11.9 Å². The number of nitrogens with one attached hydrogen (secondary N) is 2. The number of carbonyl (C=O) groups is 4. The van der Waals surface area contributed by atoms with Crippen molar-refractivity contribution in [3.63, 3.8) is 0 Å². The van der Waals surface area contributed by atoms with E-state index in [-0.39, 0.29) is 5.39 Å². The number of carboxylic acid groups (broad SMARTS) is 1. The van der Waals surface area contributed by atoms with Crippen molar-refractivity contribution in [1.82, 2.24) is 30.1 Å². The number of ether oxygens (including phenoxy) is 1. The van der Waals surface area contributed by atoms with Crippen LogP contribution in [-0.2, 0) is 28.4 Å². The van der Waals surface area contributed by atoms with E-state index < -0.39 is 70.6 Å². The minimum Gasteiger partial charge on any atom is -0.506 e. The number of fused-ring (bicyclic) bond motifs is 2. The van der Waals surface area contributed by atoms with Gasteiger partial charge in [-0.05, 0) is 63.1 Å². The zero-order chi connectivity index (χ0) is 40.5. The Labute approximate surface area is 310 Å². The van der Waals surface area contributed by atoms with Gasteiger partial charge in [-0.1, -0.05) is 22.4 Å². The Morgan fingerprint density at radius 2 is 1.11 bits per heavy atom. The average Bonchev–Trinajstić information content (AvgIpc) is 3.68. The first-order valence-corrected chi connectivity index (χ1v) is 16.4. The molecule has 6 aromatic rings. The minimum atomic E-state index is -1.26. The van der Waals surface area contributed by atoms with Crippen molar-refractivity contribution in [2.45, 2.75) is 27.7 Å². The summed E-state index contributed by atoms with van der Waals surface area (Å²) in [5, 5.41) is 42.5. The number of esters is 1. The lowest BCUT2D eigenvalue weighted by Gasteiger charge is -2.13. The van der Waals surface area contributed by atoms with Crippen LogP contribution in [0.25, 0.3) is 44.1 Å². The van der Waals surface area contributed by atoms with E-state index in [1.165, 1.54) is 30.3 Å². The van der Waals surface area contributed by atoms with E-state index >= 15 is 0 Å². The minimum absolute atomic E-state index is 0.285. The largest absolute Gasteiger partial charge is 0.506 e. The highest BCUT2D eigenvalue weighted by molar-refractivity contribution is 6.05. The molecular formula is C37H36N6O12. The number of methoxy groups -OCH3 is 1. The van der Waals surface area contributed by atoms with E-state index in [4.69, 9.17) is 14.2 Å². The average molecular weight is 757 g/mol. The van der Waals surface area contributed by atoms with Gasteiger partial charge in [-0.3, -0.25) is 28.8 Å². The molecule has 286 valence electrons. The number of carbonyl (C=O) groups excluding carboxylic acids is 3. The number of pyridine rings is 2. The van der Waals surface area contributed by atoms with E-state index in [2.05, 4.69) is 25.7 Å². The molecule has 4 aromatic heterocycles. The highest BCUT2D eigenvalue weighted by atomic mass is 16.5. The lowest BCUT2D eigenvalue weighted by Crippen LogP contribution is -2.35. The van der Waals surface area contributed by atoms with Crippen LogP contribution in [0.1, 0.15) is 43.6 Å². The normalized spacial score (nSPS) is 10.9. The second-order valence-electron chi connectivity index (χ2n) is 12.4. The van der Waals surface area contributed by atoms with Crippen molar-refractivity contribution < 1.29 is 48.3 Å². The van der Waals surface area contributed by atoms with Gasteiger partial charge in [-0.25, -0.2) is 0 Å². The molecule has 0 saturated heterocycles. The van der Waals surface area contributed by atoms with Crippen molar-refractivity contribution >= 4 is 45.6 Å². The summed E-state index contributed by atoms with van der Waals surface area (Å²) in [5.74, 6) is -3.45. The maximum absolute atomic E-state index is 12.7. The van der Waals surface area contributed by atoms with Gasteiger partial charge in [0.25, 0.3) is 22.9 Å². The number of nitrogens with zero attached hydrogens (tertiary/aromatic N) is 4. The van der Waals surface area contributed by atoms with Gasteiger partial charge in [0.05, 0.1) is 29.5 Å². The molecule has 0 unspecified atom stereocenters. The smallest absolute Gasteiger partial charge is 0.325 e. The third-order valence-electron chi connectivity index (χ3n) is 8.86. The molecule has 18 heteroatoms. The van der Waals surface area contributed by atoms with Crippen molar-refractivity contribution in [1.29, 1.82) is 0 Å². The number of carboxylic acids is 1. The lowest BCUT2D eigenvalue weighted by atomic mass is 10.0. The lowest BCUT2D eigenvalue weighted by molar-refractivity contribution is -0.139. The standard InChI is InChI=1S/C19H19N3O6.C18H17N3O6/c1-9-15(10(2)28-21-9)11-5-6-12-13(7-11)22(3)19(26)16(17(12)24)18(25)20-8-14(23)27-4;1-8-14(9(2)27-20-8)10-4-5-11-12(6-10)21(3)18(26)15(16(11)24)17(25)19-7-13(22)23/h5-7,24H,8H2,1-4H3,(H,20,25);4-6,24H,7H2,1-3H3,(H,19,25)(H,22,23). The first-order chi connectivity index (χ1) is 26.0. The number of amides is 2. The molecule has 0 aliphatic carbocycles. The SMILES string of the molecule is COC(=O)CNC(=O)c1c(O)c2ccc(-c3c(C)noc3C)cc2n(C)c1=O.Cc1noc(C)c1-c1ccc2c(O)c(C(=O)NCC(=O)O)c(=O)n(C)c2c1. The van der Waals surface area contributed by atoms with Crippen LogP contribution < -0.4 is 21.8 Å². The first-order valence-electron chi connectivity index (χ1n) is 16.4. The topological polar surface area (TPSA) is 258 Å². The summed E-state index contributed by atoms with van der Waals surface area (Å²) in [7, 11) is 4.14. The molecular weight excluding hydrogens is 720 g/mol. The van der Waals surface area contributed by atoms with Crippen LogP contribution in [-0.4, -0.2) is 78.7 Å². The predicted octanol–water partition coefficient (Wildman–Crippen LogP) is 2.75. The molecule has 0 spiro atoms. The van der Waals surface area contributed by atoms with Crippen LogP contribution in [0.5, 0.6) is 11.5 Å². The number of aryl methyl sites for hydroxylation is 6. The van der Waals surface area contributed by atoms with Gasteiger partial charge in [-0.2, -0.15) is 0 Å². The summed E-state index contributed by atoms with van der Waals surface area (Å²) in [6.45, 7) is 6.08. The molecule has 0 aliphatic rings. The fourth-order valence-electron chi connectivity index (χ4n) is 6.11. The number of aromatic hydroxyl groups is 2. The molecule has 2 aromatic carbocycles. The molecule has 0 atom stereocenters. The highest BCUT2D eigenvalue weighted by Crippen LogP contribution is 2.34. The second-order valence-corrected chi connectivity index (χ2v) is 12.4. The number of aromatic nitrogens is 4. The molecule has 2 amide bonds. The van der Waals surface area contributed by atoms with Gasteiger partial charge < -0.3 is 48.9 Å². The van der Waals surface area contributed by atoms with E-state index in [0.29, 0.717) is 39.3 Å². The van der Waals surface area contributed by atoms with Gasteiger partial charge in [0.1, 0.15) is 47.2 Å². The Kier molecular flexibility index (Phi) is 10.9. The summed E-state index contributed by atoms with van der Waals surface area (Å²) >= 11 is 0. The molecule has 55 heavy (non-hydrogen) atoms. The van der Waals surface area contributed by atoms with Crippen LogP contribution in [0.15, 0.2) is 55.0 Å². The highest BCUT2D eigenvalue weighted by Gasteiger charge is 2.24. The van der Waals surface area contributed by atoms with Crippen LogP contribution in [0.2, 0.25) is 0 Å². The molecule has 4 heterocycles. The number of hydrogen-bond acceptors (Lipinski definition) is 13. The van der Waals surface area contributed by atoms with Gasteiger partial charge in [0.2, 0.25) is 0 Å². The number of hydrogen-bond donors (Lipinski definition) is 5. The maximum atomic E-state index is 12.7. The molecule has 5 N–H and O–H groups in total. The van der Waals surface area contributed by atoms with Gasteiger partial charge in [-0.15, -0.1) is 0 Å². The molecule has 6 rings (SSSR count). The molecule has 0 saturated carbocycles. The zero-order valence-electron chi connectivity index (χ0n) is 30.7. The Morgan fingerprint density at radius 1 is 0.709 bits per heavy atom. The van der Waals surface area contributed by atoms with Crippen LogP contribution in [0.4, 0.5) is 0 Å². The summed E-state index contributed by atoms with van der Waals surface area (Å²) < 4.78 is 17.3. The quantitative estimate of drug-likeness (QED) is 0.140. The van der Waals surface area contributed by atoms with Crippen molar-refractivity contribution in [2.24, 2.45) is 14.1 Å². The summed E-state index contributed by atoms with van der Waals surface area (Å²) in [5.41, 5.74) is 2.95. The maximum Gasteiger partial charge on any atom is 0.325 e. The van der Waals surface area contributed by atoms with Crippen molar-refractivity contribution in [3.8, 4) is 33.8 Å². The van der Waals surface area contributed by atoms with Crippen molar-refractivity contribution in [3.05, 3.63) is 91.1 Å². The Morgan fingerprint density at radius 3 is 1.45 bits per heavy atom. The van der Waals surface area contributed by atoms with Crippen LogP contribution in [0, 0.1) is 27.7 Å². The summed E-state index contributed by atoms with van der Waals surface area (Å²) in [6, 6.07) is 10.1. The fraction of sp³-hybridized carbons (Fsp3) is 0.243. The summed E-state index contributed by atoms with van der Waals surface area (Å²) in [4.78, 5) is 71.6. The van der Waals surface area contributed by atoms with E-state index in [0.717, 1.165) is 22.3 Å². The van der Waals surface area contributed by atoms with Gasteiger partial charge in [0.15, 0.2) is 0 Å². The number of rotatable bonds is 8. The van der Waals surface area contributed by atoms with Gasteiger partial charge in [0, 0.05) is 36.0 Å². The third-order valence-corrected chi connectivity index (χ3v) is 8.86. The zero-order valence-corrected chi connectivity index (χ0v) is 30.7. The van der Waals surface area contributed by atoms with E-state index in [1.807, 2.05) is 0 Å². The summed E-state index contributed by atoms with van der Waals surface area (Å²) in [6.07, 6.45) is 0. The first kappa shape index (κ1) is 39.0. The van der Waals surface area contributed by atoms with E-state index in [9.17, 15) is 39.0 Å². The number of benzene rings is 2. The predicted molar refractivity (Wildman–Crippen MR) is 196 cm³/mol. The number of aliphatic carboxylic acids is 1. The monoisotopic (exact) mass is 756 g/mol. The van der Waals surface area contributed by atoms with Crippen LogP contribution in [0.3, 0.4) is 0 Å². The molecule has 0 aliphatic heterocycles. The van der Waals surface area contributed by atoms with Crippen molar-refractivity contribution in [2.75, 3.05) is 20.2 Å². The third kappa shape index (κ3) is 7.37. The Bertz CT molecular complexity index is 2630. The Balaban J connectivity index is 0.000000211. The van der Waals surface area contributed by atoms with E-state index in [1.54, 1.807) is 64.1 Å². The molecule has 0 radical (unpaired) electrons. The second kappa shape index (κ2) is 15.4. The molecule has 0 bridgehead atoms. The fourth-order valence-corrected chi connectivity index (χ4v) is 6.11. The molecule has 0 fully saturated rings. The Hall–Kier alpha value is -7.24. The van der Waals surface area contributed by atoms with Crippen LogP contribution >= 0.6 is 0 Å². The molecule has 18 nitrogen and oxygen atoms in total.